The number of nitrogens with zero attached hydrogens (tertiary/aromatic N) is 1. The number of hydrogen-bond acceptors (Lipinski definition) is 2. The molecule has 0 radical (unpaired) electrons. The number of carbonyl (C=O) groups excluding carboxylic acids is 1. The molecule has 0 bridgehead atoms. The summed E-state index contributed by atoms with van der Waals surface area (Å²) in [5, 5.41) is 0. The number of aryl methyl sites for hydroxylation is 1. The van der Waals surface area contributed by atoms with E-state index >= 15 is 0 Å². The normalized spacial score (nSPS) is 20.1. The van der Waals surface area contributed by atoms with E-state index in [0.717, 1.165) is 25.9 Å². The number of primary amides is 1. The standard InChI is InChI=1S/C13H18N2O/c1-2-10-5-3-4-6-12(10)15-8-7-11(9-15)13(14)16/h3-6,11H,2,7-9H2,1H3,(H2,14,16). The van der Waals surface area contributed by atoms with Crippen LogP contribution in [0, 0.1) is 5.92 Å². The summed E-state index contributed by atoms with van der Waals surface area (Å²) in [6, 6.07) is 8.38. The van der Waals surface area contributed by atoms with Crippen LogP contribution in [-0.4, -0.2) is 19.0 Å². The Morgan fingerprint density at radius 3 is 2.88 bits per heavy atom. The summed E-state index contributed by atoms with van der Waals surface area (Å²) in [7, 11) is 0. The van der Waals surface area contributed by atoms with Crippen LogP contribution in [0.5, 0.6) is 0 Å². The summed E-state index contributed by atoms with van der Waals surface area (Å²) in [4.78, 5) is 13.4. The minimum atomic E-state index is -0.170. The van der Waals surface area contributed by atoms with E-state index in [1.807, 2.05) is 6.07 Å². The number of nitrogens with two attached hydrogens (primary N) is 1. The molecule has 1 amide bonds. The average molecular weight is 218 g/mol. The lowest BCUT2D eigenvalue weighted by Crippen LogP contribution is -2.27. The van der Waals surface area contributed by atoms with Crippen molar-refractivity contribution >= 4 is 11.6 Å². The van der Waals surface area contributed by atoms with Gasteiger partial charge in [0.05, 0.1) is 5.92 Å². The molecule has 1 aliphatic heterocycles. The summed E-state index contributed by atoms with van der Waals surface area (Å²) < 4.78 is 0. The topological polar surface area (TPSA) is 46.3 Å². The Kier molecular flexibility index (Phi) is 3.13. The maximum absolute atomic E-state index is 11.1. The zero-order chi connectivity index (χ0) is 11.5. The van der Waals surface area contributed by atoms with Gasteiger partial charge in [-0.05, 0) is 24.5 Å². The first-order valence-corrected chi connectivity index (χ1v) is 5.84. The van der Waals surface area contributed by atoms with Gasteiger partial charge in [-0.1, -0.05) is 25.1 Å². The molecule has 1 heterocycles. The molecule has 1 aliphatic rings. The average Bonchev–Trinajstić information content (AvgIpc) is 2.78. The Labute approximate surface area is 96.2 Å². The molecular formula is C13H18N2O. The van der Waals surface area contributed by atoms with E-state index in [0.29, 0.717) is 0 Å². The highest BCUT2D eigenvalue weighted by Gasteiger charge is 2.27. The summed E-state index contributed by atoms with van der Waals surface area (Å²) in [5.41, 5.74) is 7.94. The second-order valence-corrected chi connectivity index (χ2v) is 4.32. The Bertz CT molecular complexity index is 389. The maximum atomic E-state index is 11.1. The minimum Gasteiger partial charge on any atom is -0.370 e. The fraction of sp³-hybridized carbons (Fsp3) is 0.462. The van der Waals surface area contributed by atoms with Gasteiger partial charge >= 0.3 is 0 Å². The molecule has 0 aromatic heterocycles. The molecule has 0 spiro atoms. The summed E-state index contributed by atoms with van der Waals surface area (Å²) >= 11 is 0. The fourth-order valence-corrected chi connectivity index (χ4v) is 2.33. The molecule has 2 N–H and O–H groups in total. The van der Waals surface area contributed by atoms with Crippen LogP contribution in [-0.2, 0) is 11.2 Å². The van der Waals surface area contributed by atoms with Crippen LogP contribution in [0.3, 0.4) is 0 Å². The largest absolute Gasteiger partial charge is 0.370 e. The van der Waals surface area contributed by atoms with Gasteiger partial charge in [0.25, 0.3) is 0 Å². The van der Waals surface area contributed by atoms with Gasteiger partial charge in [0.1, 0.15) is 0 Å². The zero-order valence-corrected chi connectivity index (χ0v) is 9.65. The van der Waals surface area contributed by atoms with E-state index in [4.69, 9.17) is 5.73 Å². The third-order valence-corrected chi connectivity index (χ3v) is 3.30. The van der Waals surface area contributed by atoms with E-state index in [9.17, 15) is 4.79 Å². The molecule has 1 atom stereocenters. The number of anilines is 1. The lowest BCUT2D eigenvalue weighted by molar-refractivity contribution is -0.121. The summed E-state index contributed by atoms with van der Waals surface area (Å²) in [6.07, 6.45) is 1.90. The molecule has 1 aromatic carbocycles. The Hall–Kier alpha value is -1.51. The first-order valence-electron chi connectivity index (χ1n) is 5.84. The van der Waals surface area contributed by atoms with Gasteiger partial charge in [-0.25, -0.2) is 0 Å². The Morgan fingerprint density at radius 2 is 2.25 bits per heavy atom. The summed E-state index contributed by atoms with van der Waals surface area (Å²) in [6.45, 7) is 3.86. The van der Waals surface area contributed by atoms with Crippen LogP contribution < -0.4 is 10.6 Å². The smallest absolute Gasteiger partial charge is 0.222 e. The third kappa shape index (κ3) is 2.03. The van der Waals surface area contributed by atoms with Gasteiger partial charge in [-0.2, -0.15) is 0 Å². The highest BCUT2D eigenvalue weighted by atomic mass is 16.1. The van der Waals surface area contributed by atoms with E-state index < -0.39 is 0 Å². The lowest BCUT2D eigenvalue weighted by Gasteiger charge is -2.21. The van der Waals surface area contributed by atoms with Crippen molar-refractivity contribution in [1.82, 2.24) is 0 Å². The van der Waals surface area contributed by atoms with Crippen LogP contribution in [0.15, 0.2) is 24.3 Å². The maximum Gasteiger partial charge on any atom is 0.222 e. The second-order valence-electron chi connectivity index (χ2n) is 4.32. The van der Waals surface area contributed by atoms with Crippen molar-refractivity contribution in [2.24, 2.45) is 11.7 Å². The number of hydrogen-bond donors (Lipinski definition) is 1. The highest BCUT2D eigenvalue weighted by Crippen LogP contribution is 2.27. The van der Waals surface area contributed by atoms with Gasteiger partial charge in [-0.15, -0.1) is 0 Å². The monoisotopic (exact) mass is 218 g/mol. The molecular weight excluding hydrogens is 200 g/mol. The van der Waals surface area contributed by atoms with Crippen molar-refractivity contribution in [3.8, 4) is 0 Å². The van der Waals surface area contributed by atoms with Crippen LogP contribution >= 0.6 is 0 Å². The van der Waals surface area contributed by atoms with E-state index in [-0.39, 0.29) is 11.8 Å². The number of rotatable bonds is 3. The van der Waals surface area contributed by atoms with Crippen molar-refractivity contribution < 1.29 is 4.79 Å². The molecule has 1 fully saturated rings. The van der Waals surface area contributed by atoms with Crippen molar-refractivity contribution in [3.63, 3.8) is 0 Å². The third-order valence-electron chi connectivity index (χ3n) is 3.30. The van der Waals surface area contributed by atoms with Crippen LogP contribution in [0.4, 0.5) is 5.69 Å². The lowest BCUT2D eigenvalue weighted by atomic mass is 10.1. The number of carbonyl (C=O) groups is 1. The van der Waals surface area contributed by atoms with Crippen LogP contribution in [0.1, 0.15) is 18.9 Å². The predicted molar refractivity (Wildman–Crippen MR) is 65.3 cm³/mol. The number of para-hydroxylation sites is 1. The quantitative estimate of drug-likeness (QED) is 0.837. The van der Waals surface area contributed by atoms with Gasteiger partial charge in [0.15, 0.2) is 0 Å². The van der Waals surface area contributed by atoms with Crippen LogP contribution in [0.25, 0.3) is 0 Å². The van der Waals surface area contributed by atoms with Crippen molar-refractivity contribution in [3.05, 3.63) is 29.8 Å². The highest BCUT2D eigenvalue weighted by molar-refractivity contribution is 5.78. The minimum absolute atomic E-state index is 0.0184. The fourth-order valence-electron chi connectivity index (χ4n) is 2.33. The zero-order valence-electron chi connectivity index (χ0n) is 9.65. The molecule has 16 heavy (non-hydrogen) atoms. The molecule has 2 rings (SSSR count). The molecule has 1 aromatic rings. The van der Waals surface area contributed by atoms with Gasteiger partial charge in [0.2, 0.25) is 5.91 Å². The second kappa shape index (κ2) is 4.56. The first kappa shape index (κ1) is 11.0. The molecule has 86 valence electrons. The predicted octanol–water partition coefficient (Wildman–Crippen LogP) is 1.56. The molecule has 1 saturated heterocycles. The first-order chi connectivity index (χ1) is 7.72. The SMILES string of the molecule is CCc1ccccc1N1CCC(C(N)=O)C1. The molecule has 1 unspecified atom stereocenters. The number of amides is 1. The Balaban J connectivity index is 2.17. The van der Waals surface area contributed by atoms with Crippen molar-refractivity contribution in [2.75, 3.05) is 18.0 Å². The van der Waals surface area contributed by atoms with Gasteiger partial charge < -0.3 is 10.6 Å². The molecule has 0 saturated carbocycles. The number of benzene rings is 1. The molecule has 3 heteroatoms. The van der Waals surface area contributed by atoms with Crippen molar-refractivity contribution in [1.29, 1.82) is 0 Å². The van der Waals surface area contributed by atoms with Crippen molar-refractivity contribution in [2.45, 2.75) is 19.8 Å². The van der Waals surface area contributed by atoms with Gasteiger partial charge in [0, 0.05) is 18.8 Å². The van der Waals surface area contributed by atoms with Gasteiger partial charge in [-0.3, -0.25) is 4.79 Å². The van der Waals surface area contributed by atoms with Crippen LogP contribution in [0.2, 0.25) is 0 Å². The Morgan fingerprint density at radius 1 is 1.50 bits per heavy atom. The van der Waals surface area contributed by atoms with E-state index in [1.54, 1.807) is 0 Å². The summed E-state index contributed by atoms with van der Waals surface area (Å²) in [5.74, 6) is -0.151. The molecule has 0 aliphatic carbocycles. The molecule has 3 nitrogen and oxygen atoms in total. The van der Waals surface area contributed by atoms with E-state index in [1.165, 1.54) is 11.3 Å². The van der Waals surface area contributed by atoms with E-state index in [2.05, 4.69) is 30.0 Å².